The molecule has 0 aliphatic rings. The Bertz CT molecular complexity index is 1070. The van der Waals surface area contributed by atoms with Gasteiger partial charge in [0.15, 0.2) is 0 Å². The molecule has 2 heterocycles. The van der Waals surface area contributed by atoms with Crippen LogP contribution in [-0.4, -0.2) is 29.6 Å². The maximum atomic E-state index is 11.4. The van der Waals surface area contributed by atoms with Gasteiger partial charge in [-0.05, 0) is 36.8 Å². The fraction of sp³-hybridized carbons (Fsp3) is 0.316. The lowest BCUT2D eigenvalue weighted by Crippen LogP contribution is -2.15. The maximum Gasteiger partial charge on any atom is 0.229 e. The first-order valence-corrected chi connectivity index (χ1v) is 10.1. The van der Waals surface area contributed by atoms with Gasteiger partial charge in [-0.3, -0.25) is 4.72 Å². The van der Waals surface area contributed by atoms with E-state index in [2.05, 4.69) is 40.4 Å². The van der Waals surface area contributed by atoms with E-state index < -0.39 is 10.0 Å². The molecule has 26 heavy (non-hydrogen) atoms. The van der Waals surface area contributed by atoms with E-state index in [1.807, 2.05) is 19.1 Å². The van der Waals surface area contributed by atoms with Crippen molar-refractivity contribution in [1.29, 1.82) is 0 Å². The van der Waals surface area contributed by atoms with E-state index >= 15 is 0 Å². The predicted octanol–water partition coefficient (Wildman–Crippen LogP) is 3.67. The number of aryl methyl sites for hydroxylation is 1. The molecule has 0 radical (unpaired) electrons. The summed E-state index contributed by atoms with van der Waals surface area (Å²) >= 11 is 0. The van der Waals surface area contributed by atoms with E-state index in [1.54, 1.807) is 24.5 Å². The molecular weight excluding hydrogens is 348 g/mol. The van der Waals surface area contributed by atoms with Gasteiger partial charge in [0.1, 0.15) is 5.82 Å². The Balaban J connectivity index is 2.02. The van der Waals surface area contributed by atoms with Crippen molar-refractivity contribution >= 4 is 26.6 Å². The van der Waals surface area contributed by atoms with Gasteiger partial charge in [0.05, 0.1) is 17.5 Å². The zero-order valence-corrected chi connectivity index (χ0v) is 16.3. The molecule has 1 N–H and O–H groups in total. The lowest BCUT2D eigenvalue weighted by atomic mass is 9.95. The molecular formula is C19H22N4O2S. The largest absolute Gasteiger partial charge is 0.284 e. The smallest absolute Gasteiger partial charge is 0.229 e. The highest BCUT2D eigenvalue weighted by atomic mass is 32.2. The fourth-order valence-corrected chi connectivity index (χ4v) is 3.22. The summed E-state index contributed by atoms with van der Waals surface area (Å²) in [6.45, 7) is 8.19. The third kappa shape index (κ3) is 3.99. The highest BCUT2D eigenvalue weighted by molar-refractivity contribution is 7.92. The van der Waals surface area contributed by atoms with E-state index in [1.165, 1.54) is 0 Å². The molecule has 136 valence electrons. The first kappa shape index (κ1) is 18.3. The van der Waals surface area contributed by atoms with E-state index in [4.69, 9.17) is 0 Å². The first-order chi connectivity index (χ1) is 12.0. The Hall–Kier alpha value is -2.54. The zero-order valence-electron chi connectivity index (χ0n) is 15.5. The second kappa shape index (κ2) is 6.32. The van der Waals surface area contributed by atoms with Crippen LogP contribution < -0.4 is 4.72 Å². The lowest BCUT2D eigenvalue weighted by molar-refractivity contribution is 0.545. The molecule has 3 rings (SSSR count). The highest BCUT2D eigenvalue weighted by Gasteiger charge is 2.17. The normalized spacial score (nSPS) is 12.3. The maximum absolute atomic E-state index is 11.4. The van der Waals surface area contributed by atoms with E-state index in [0.717, 1.165) is 39.8 Å². The van der Waals surface area contributed by atoms with Crippen molar-refractivity contribution in [2.75, 3.05) is 11.0 Å². The molecule has 0 atom stereocenters. The van der Waals surface area contributed by atoms with Crippen molar-refractivity contribution in [1.82, 2.24) is 15.0 Å². The Labute approximate surface area is 153 Å². The molecule has 6 nitrogen and oxygen atoms in total. The number of sulfonamides is 1. The minimum atomic E-state index is -3.31. The van der Waals surface area contributed by atoms with Crippen molar-refractivity contribution in [3.63, 3.8) is 0 Å². The number of hydrogen-bond donors (Lipinski definition) is 1. The summed E-state index contributed by atoms with van der Waals surface area (Å²) in [7, 11) is -3.31. The van der Waals surface area contributed by atoms with Crippen molar-refractivity contribution in [3.8, 4) is 11.3 Å². The van der Waals surface area contributed by atoms with Crippen LogP contribution in [0.1, 0.15) is 32.2 Å². The number of fused-ring (bicyclic) bond motifs is 1. The average Bonchev–Trinajstić information content (AvgIpc) is 2.53. The summed E-state index contributed by atoms with van der Waals surface area (Å²) < 4.78 is 25.3. The van der Waals surface area contributed by atoms with Crippen LogP contribution in [0.2, 0.25) is 0 Å². The van der Waals surface area contributed by atoms with Gasteiger partial charge in [0.25, 0.3) is 0 Å². The van der Waals surface area contributed by atoms with Crippen LogP contribution in [0.3, 0.4) is 0 Å². The molecule has 0 aliphatic heterocycles. The Morgan fingerprint density at radius 2 is 1.69 bits per heavy atom. The summed E-state index contributed by atoms with van der Waals surface area (Å²) in [5, 5.41) is 0.898. The van der Waals surface area contributed by atoms with Gasteiger partial charge in [0.2, 0.25) is 10.0 Å². The number of hydrogen-bond acceptors (Lipinski definition) is 5. The van der Waals surface area contributed by atoms with Crippen molar-refractivity contribution in [3.05, 3.63) is 48.0 Å². The van der Waals surface area contributed by atoms with Gasteiger partial charge < -0.3 is 0 Å². The zero-order chi connectivity index (χ0) is 19.1. The molecule has 0 saturated carbocycles. The van der Waals surface area contributed by atoms with E-state index in [0.29, 0.717) is 5.69 Å². The summed E-state index contributed by atoms with van der Waals surface area (Å²) in [5.74, 6) is 0.787. The molecule has 0 amide bonds. The van der Waals surface area contributed by atoms with Crippen LogP contribution in [0, 0.1) is 6.92 Å². The summed E-state index contributed by atoms with van der Waals surface area (Å²) in [5.41, 5.74) is 3.85. The SMILES string of the molecule is Cc1cc(-c2cnc(C(C)(C)C)nc2)nc2ccc(NS(C)(=O)=O)cc12. The van der Waals surface area contributed by atoms with Gasteiger partial charge in [-0.1, -0.05) is 20.8 Å². The van der Waals surface area contributed by atoms with Crippen molar-refractivity contribution < 1.29 is 8.42 Å². The number of nitrogens with zero attached hydrogens (tertiary/aromatic N) is 3. The number of nitrogens with one attached hydrogen (secondary N) is 1. The van der Waals surface area contributed by atoms with Crippen LogP contribution in [0.15, 0.2) is 36.7 Å². The summed E-state index contributed by atoms with van der Waals surface area (Å²) in [6.07, 6.45) is 4.72. The summed E-state index contributed by atoms with van der Waals surface area (Å²) in [6, 6.07) is 7.27. The first-order valence-electron chi connectivity index (χ1n) is 8.25. The minimum absolute atomic E-state index is 0.103. The van der Waals surface area contributed by atoms with E-state index in [9.17, 15) is 8.42 Å². The van der Waals surface area contributed by atoms with E-state index in [-0.39, 0.29) is 5.41 Å². The molecule has 7 heteroatoms. The topological polar surface area (TPSA) is 84.8 Å². The third-order valence-electron chi connectivity index (χ3n) is 3.94. The third-order valence-corrected chi connectivity index (χ3v) is 4.54. The van der Waals surface area contributed by atoms with Crippen LogP contribution in [-0.2, 0) is 15.4 Å². The molecule has 0 spiro atoms. The number of rotatable bonds is 3. The van der Waals surface area contributed by atoms with Gasteiger partial charge in [-0.25, -0.2) is 23.4 Å². The number of anilines is 1. The van der Waals surface area contributed by atoms with Crippen LogP contribution in [0.5, 0.6) is 0 Å². The highest BCUT2D eigenvalue weighted by Crippen LogP contribution is 2.27. The second-order valence-corrected chi connectivity index (χ2v) is 9.22. The van der Waals surface area contributed by atoms with Crippen LogP contribution in [0.25, 0.3) is 22.2 Å². The summed E-state index contributed by atoms with van der Waals surface area (Å²) in [4.78, 5) is 13.6. The number of pyridine rings is 1. The molecule has 1 aromatic carbocycles. The number of benzene rings is 1. The molecule has 0 bridgehead atoms. The molecule has 0 fully saturated rings. The molecule has 0 aliphatic carbocycles. The Morgan fingerprint density at radius 3 is 2.27 bits per heavy atom. The second-order valence-electron chi connectivity index (χ2n) is 7.48. The standard InChI is InChI=1S/C19H22N4O2S/c1-12-8-17(13-10-20-18(21-11-13)19(2,3)4)22-16-7-6-14(9-15(12)16)23-26(5,24)25/h6-11,23H,1-5H3. The fourth-order valence-electron chi connectivity index (χ4n) is 2.67. The van der Waals surface area contributed by atoms with Crippen molar-refractivity contribution in [2.24, 2.45) is 0 Å². The van der Waals surface area contributed by atoms with Gasteiger partial charge in [-0.15, -0.1) is 0 Å². The van der Waals surface area contributed by atoms with Crippen LogP contribution >= 0.6 is 0 Å². The molecule has 2 aromatic heterocycles. The monoisotopic (exact) mass is 370 g/mol. The molecule has 0 unspecified atom stereocenters. The van der Waals surface area contributed by atoms with Gasteiger partial charge in [-0.2, -0.15) is 0 Å². The van der Waals surface area contributed by atoms with Gasteiger partial charge >= 0.3 is 0 Å². The quantitative estimate of drug-likeness (QED) is 0.760. The number of aromatic nitrogens is 3. The predicted molar refractivity (Wildman–Crippen MR) is 105 cm³/mol. The molecule has 0 saturated heterocycles. The van der Waals surface area contributed by atoms with Crippen molar-refractivity contribution in [2.45, 2.75) is 33.1 Å². The lowest BCUT2D eigenvalue weighted by Gasteiger charge is -2.16. The average molecular weight is 370 g/mol. The Morgan fingerprint density at radius 1 is 1.04 bits per heavy atom. The van der Waals surface area contributed by atoms with Crippen LogP contribution in [0.4, 0.5) is 5.69 Å². The molecule has 3 aromatic rings. The van der Waals surface area contributed by atoms with Gasteiger partial charge in [0, 0.05) is 34.4 Å². The minimum Gasteiger partial charge on any atom is -0.284 e. The Kier molecular flexibility index (Phi) is 4.44.